The van der Waals surface area contributed by atoms with Gasteiger partial charge in [0.15, 0.2) is 0 Å². The molecule has 1 N–H and O–H groups in total. The Morgan fingerprint density at radius 2 is 2.00 bits per heavy atom. The summed E-state index contributed by atoms with van der Waals surface area (Å²) >= 11 is 0. The van der Waals surface area contributed by atoms with E-state index in [4.69, 9.17) is 9.57 Å². The van der Waals surface area contributed by atoms with Crippen molar-refractivity contribution in [1.82, 2.24) is 5.48 Å². The fourth-order valence-electron chi connectivity index (χ4n) is 1.90. The van der Waals surface area contributed by atoms with E-state index < -0.39 is 12.1 Å². The van der Waals surface area contributed by atoms with Gasteiger partial charge in [0.05, 0.1) is 19.1 Å². The molecule has 0 spiro atoms. The van der Waals surface area contributed by atoms with Crippen LogP contribution in [0.25, 0.3) is 0 Å². The molecular weight excluding hydrogens is 223 g/mol. The molecule has 1 aliphatic carbocycles. The Hall–Kier alpha value is -0.330. The minimum atomic E-state index is -4.08. The average Bonchev–Trinajstić information content (AvgIpc) is 2.24. The first-order valence-electron chi connectivity index (χ1n) is 5.47. The number of hydrogen-bond acceptors (Lipinski definition) is 3. The summed E-state index contributed by atoms with van der Waals surface area (Å²) in [5.74, 6) is -1.19. The summed E-state index contributed by atoms with van der Waals surface area (Å²) < 4.78 is 42.2. The van der Waals surface area contributed by atoms with Crippen LogP contribution in [-0.4, -0.2) is 32.5 Å². The van der Waals surface area contributed by atoms with E-state index >= 15 is 0 Å². The Balaban J connectivity index is 2.23. The van der Waals surface area contributed by atoms with E-state index in [1.54, 1.807) is 7.11 Å². The van der Waals surface area contributed by atoms with Gasteiger partial charge < -0.3 is 4.74 Å². The molecule has 16 heavy (non-hydrogen) atoms. The van der Waals surface area contributed by atoms with Crippen LogP contribution in [0.1, 0.15) is 25.7 Å². The number of nitrogens with one attached hydrogen (secondary N) is 1. The van der Waals surface area contributed by atoms with Crippen LogP contribution >= 0.6 is 0 Å². The SMILES string of the molecule is COCCONC1CCCC(C(F)(F)F)C1. The van der Waals surface area contributed by atoms with E-state index in [2.05, 4.69) is 5.48 Å². The van der Waals surface area contributed by atoms with Crippen LogP contribution in [0, 0.1) is 5.92 Å². The highest BCUT2D eigenvalue weighted by atomic mass is 19.4. The van der Waals surface area contributed by atoms with E-state index in [0.29, 0.717) is 19.6 Å². The molecule has 96 valence electrons. The molecule has 6 heteroatoms. The van der Waals surface area contributed by atoms with Crippen molar-refractivity contribution in [1.29, 1.82) is 0 Å². The Morgan fingerprint density at radius 3 is 2.62 bits per heavy atom. The van der Waals surface area contributed by atoms with Gasteiger partial charge in [-0.2, -0.15) is 18.7 Å². The minimum absolute atomic E-state index is 0.108. The summed E-state index contributed by atoms with van der Waals surface area (Å²) in [5, 5.41) is 0. The van der Waals surface area contributed by atoms with Gasteiger partial charge in [0.2, 0.25) is 0 Å². The molecule has 2 atom stereocenters. The number of methoxy groups -OCH3 is 1. The molecular formula is C10H18F3NO2. The number of rotatable bonds is 5. The van der Waals surface area contributed by atoms with Gasteiger partial charge in [0.1, 0.15) is 0 Å². The summed E-state index contributed by atoms with van der Waals surface area (Å²) in [6, 6.07) is -0.197. The largest absolute Gasteiger partial charge is 0.391 e. The van der Waals surface area contributed by atoms with Crippen LogP contribution in [0.15, 0.2) is 0 Å². The van der Waals surface area contributed by atoms with Gasteiger partial charge in [0, 0.05) is 13.2 Å². The first-order chi connectivity index (χ1) is 7.54. The highest BCUT2D eigenvalue weighted by Gasteiger charge is 2.42. The second-order valence-corrected chi connectivity index (χ2v) is 4.06. The zero-order valence-corrected chi connectivity index (χ0v) is 9.35. The van der Waals surface area contributed by atoms with Crippen LogP contribution in [0.2, 0.25) is 0 Å². The second kappa shape index (κ2) is 6.42. The van der Waals surface area contributed by atoms with Crippen molar-refractivity contribution in [3.05, 3.63) is 0 Å². The predicted octanol–water partition coefficient (Wildman–Crippen LogP) is 2.28. The van der Waals surface area contributed by atoms with Gasteiger partial charge in [-0.1, -0.05) is 6.42 Å². The number of hydroxylamine groups is 1. The van der Waals surface area contributed by atoms with Gasteiger partial charge in [0.25, 0.3) is 0 Å². The van der Waals surface area contributed by atoms with Crippen LogP contribution < -0.4 is 5.48 Å². The van der Waals surface area contributed by atoms with Crippen LogP contribution in [0.5, 0.6) is 0 Å². The van der Waals surface area contributed by atoms with Gasteiger partial charge in [-0.15, -0.1) is 0 Å². The molecule has 0 radical (unpaired) electrons. The second-order valence-electron chi connectivity index (χ2n) is 4.06. The number of hydrogen-bond donors (Lipinski definition) is 1. The Labute approximate surface area is 93.2 Å². The Morgan fingerprint density at radius 1 is 1.25 bits per heavy atom. The first kappa shape index (κ1) is 13.7. The maximum atomic E-state index is 12.5. The normalized spacial score (nSPS) is 27.0. The zero-order valence-electron chi connectivity index (χ0n) is 9.35. The maximum absolute atomic E-state index is 12.5. The average molecular weight is 241 g/mol. The van der Waals surface area contributed by atoms with E-state index in [1.807, 2.05) is 0 Å². The van der Waals surface area contributed by atoms with E-state index in [1.165, 1.54) is 0 Å². The molecule has 0 aromatic carbocycles. The lowest BCUT2D eigenvalue weighted by Gasteiger charge is -2.30. The van der Waals surface area contributed by atoms with Gasteiger partial charge in [-0.3, -0.25) is 4.84 Å². The van der Waals surface area contributed by atoms with Gasteiger partial charge in [-0.05, 0) is 19.3 Å². The highest BCUT2D eigenvalue weighted by Crippen LogP contribution is 2.37. The topological polar surface area (TPSA) is 30.5 Å². The highest BCUT2D eigenvalue weighted by molar-refractivity contribution is 4.80. The van der Waals surface area contributed by atoms with E-state index in [0.717, 1.165) is 6.42 Å². The maximum Gasteiger partial charge on any atom is 0.391 e. The molecule has 0 bridgehead atoms. The Kier molecular flexibility index (Phi) is 5.51. The third kappa shape index (κ3) is 4.67. The van der Waals surface area contributed by atoms with Gasteiger partial charge >= 0.3 is 6.18 Å². The summed E-state index contributed by atoms with van der Waals surface area (Å²) in [6.45, 7) is 0.784. The number of halogens is 3. The van der Waals surface area contributed by atoms with Gasteiger partial charge in [-0.25, -0.2) is 0 Å². The van der Waals surface area contributed by atoms with Crippen molar-refractivity contribution in [2.24, 2.45) is 5.92 Å². The number of alkyl halides is 3. The molecule has 1 rings (SSSR count). The summed E-state index contributed by atoms with van der Waals surface area (Å²) in [7, 11) is 1.55. The smallest absolute Gasteiger partial charge is 0.382 e. The van der Waals surface area contributed by atoms with Crippen molar-refractivity contribution < 1.29 is 22.7 Å². The van der Waals surface area contributed by atoms with Crippen molar-refractivity contribution in [3.8, 4) is 0 Å². The molecule has 3 nitrogen and oxygen atoms in total. The molecule has 0 aliphatic heterocycles. The fraction of sp³-hybridized carbons (Fsp3) is 1.00. The lowest BCUT2D eigenvalue weighted by Crippen LogP contribution is -2.39. The van der Waals surface area contributed by atoms with E-state index in [-0.39, 0.29) is 18.9 Å². The predicted molar refractivity (Wildman–Crippen MR) is 52.8 cm³/mol. The summed E-state index contributed by atoms with van der Waals surface area (Å²) in [6.07, 6.45) is -2.40. The summed E-state index contributed by atoms with van der Waals surface area (Å²) in [4.78, 5) is 5.03. The molecule has 2 unspecified atom stereocenters. The standard InChI is InChI=1S/C10H18F3NO2/c1-15-5-6-16-14-9-4-2-3-8(7-9)10(11,12)13/h8-9,14H,2-7H2,1H3. The zero-order chi connectivity index (χ0) is 12.0. The first-order valence-corrected chi connectivity index (χ1v) is 5.47. The van der Waals surface area contributed by atoms with Crippen LogP contribution in [0.3, 0.4) is 0 Å². The summed E-state index contributed by atoms with van der Waals surface area (Å²) in [5.41, 5.74) is 2.68. The molecule has 0 aromatic rings. The minimum Gasteiger partial charge on any atom is -0.382 e. The molecule has 1 aliphatic rings. The number of ether oxygens (including phenoxy) is 1. The Bertz CT molecular complexity index is 199. The van der Waals surface area contributed by atoms with Crippen molar-refractivity contribution in [2.75, 3.05) is 20.3 Å². The molecule has 0 aromatic heterocycles. The van der Waals surface area contributed by atoms with Crippen LogP contribution in [-0.2, 0) is 9.57 Å². The lowest BCUT2D eigenvalue weighted by molar-refractivity contribution is -0.187. The molecule has 0 amide bonds. The third-order valence-electron chi connectivity index (χ3n) is 2.78. The van der Waals surface area contributed by atoms with Crippen molar-refractivity contribution in [3.63, 3.8) is 0 Å². The van der Waals surface area contributed by atoms with E-state index in [9.17, 15) is 13.2 Å². The molecule has 0 saturated heterocycles. The lowest BCUT2D eigenvalue weighted by atomic mass is 9.86. The molecule has 0 heterocycles. The van der Waals surface area contributed by atoms with Crippen LogP contribution in [0.4, 0.5) is 13.2 Å². The monoisotopic (exact) mass is 241 g/mol. The molecule has 1 saturated carbocycles. The van der Waals surface area contributed by atoms with Crippen molar-refractivity contribution >= 4 is 0 Å². The third-order valence-corrected chi connectivity index (χ3v) is 2.78. The molecule has 1 fully saturated rings. The fourth-order valence-corrected chi connectivity index (χ4v) is 1.90. The van der Waals surface area contributed by atoms with Crippen molar-refractivity contribution in [2.45, 2.75) is 37.9 Å². The quantitative estimate of drug-likeness (QED) is 0.591.